The van der Waals surface area contributed by atoms with Crippen molar-refractivity contribution in [2.45, 2.75) is 183 Å². The van der Waals surface area contributed by atoms with Crippen LogP contribution in [-0.4, -0.2) is 25.2 Å². The molecule has 0 rings (SSSR count). The number of hydrogen-bond donors (Lipinski definition) is 0. The van der Waals surface area contributed by atoms with E-state index in [-0.39, 0.29) is 0 Å². The van der Waals surface area contributed by atoms with Crippen LogP contribution in [0.4, 0.5) is 0 Å². The van der Waals surface area contributed by atoms with Crippen LogP contribution >= 0.6 is 0 Å². The molecule has 0 saturated carbocycles. The number of carbonyl (C=O) groups excluding carboxylic acids is 2. The van der Waals surface area contributed by atoms with E-state index in [0.717, 1.165) is 31.6 Å². The summed E-state index contributed by atoms with van der Waals surface area (Å²) in [6.07, 6.45) is 26.4. The predicted molar refractivity (Wildman–Crippen MR) is 167 cm³/mol. The van der Waals surface area contributed by atoms with E-state index in [1.165, 1.54) is 103 Å². The zero-order valence-corrected chi connectivity index (χ0v) is 27.3. The Hall–Kier alpha value is -1.06. The zero-order valence-electron chi connectivity index (χ0n) is 27.3. The van der Waals surface area contributed by atoms with Gasteiger partial charge in [-0.25, -0.2) is 0 Å². The summed E-state index contributed by atoms with van der Waals surface area (Å²) in [6, 6.07) is 0. The van der Waals surface area contributed by atoms with Gasteiger partial charge in [0.25, 0.3) is 0 Å². The largest absolute Gasteiger partial charge is 0.465 e. The number of carbonyl (C=O) groups is 2. The molecule has 0 heterocycles. The summed E-state index contributed by atoms with van der Waals surface area (Å²) in [7, 11) is 0. The van der Waals surface area contributed by atoms with Crippen molar-refractivity contribution in [3.8, 4) is 0 Å². The molecule has 1 unspecified atom stereocenters. The summed E-state index contributed by atoms with van der Waals surface area (Å²) < 4.78 is 11.2. The second-order valence-corrected chi connectivity index (χ2v) is 12.6. The third kappa shape index (κ3) is 19.6. The third-order valence-electron chi connectivity index (χ3n) is 8.54. The predicted octanol–water partition coefficient (Wildman–Crippen LogP) is 11.0. The van der Waals surface area contributed by atoms with Gasteiger partial charge < -0.3 is 9.47 Å². The smallest absolute Gasteiger partial charge is 0.323 e. The quantitative estimate of drug-likeness (QED) is 0.0550. The summed E-state index contributed by atoms with van der Waals surface area (Å²) in [6.45, 7) is 13.6. The summed E-state index contributed by atoms with van der Waals surface area (Å²) in [4.78, 5) is 25.8. The van der Waals surface area contributed by atoms with Crippen LogP contribution in [0, 0.1) is 17.3 Å². The average molecular weight is 553 g/mol. The molecular weight excluding hydrogens is 484 g/mol. The summed E-state index contributed by atoms with van der Waals surface area (Å²) in [5.41, 5.74) is -1.16. The van der Waals surface area contributed by atoms with E-state index in [4.69, 9.17) is 9.47 Å². The third-order valence-corrected chi connectivity index (χ3v) is 8.54. The van der Waals surface area contributed by atoms with Crippen LogP contribution in [0.3, 0.4) is 0 Å². The van der Waals surface area contributed by atoms with Crippen molar-refractivity contribution in [3.05, 3.63) is 0 Å². The van der Waals surface area contributed by atoms with E-state index < -0.39 is 17.4 Å². The first-order valence-electron chi connectivity index (χ1n) is 17.2. The van der Waals surface area contributed by atoms with Gasteiger partial charge in [0, 0.05) is 0 Å². The van der Waals surface area contributed by atoms with E-state index in [1.54, 1.807) is 0 Å². The SMILES string of the molecule is CCCCCCCCCCCCCCCCCCOC(=O)C(CC)(CC)C(=O)OCCC(C)CCCC(C)C. The van der Waals surface area contributed by atoms with Crippen molar-refractivity contribution in [1.29, 1.82) is 0 Å². The van der Waals surface area contributed by atoms with Crippen LogP contribution in [-0.2, 0) is 19.1 Å². The standard InChI is InChI=1S/C35H68O4/c1-7-10-11-12-13-14-15-16-17-18-19-20-21-22-23-24-29-38-33(36)35(8-2,9-3)34(37)39-30-28-32(6)27-25-26-31(4)5/h31-32H,7-30H2,1-6H3. The first-order chi connectivity index (χ1) is 18.8. The second-order valence-electron chi connectivity index (χ2n) is 12.6. The molecule has 0 spiro atoms. The molecule has 0 amide bonds. The Bertz CT molecular complexity index is 567. The first-order valence-corrected chi connectivity index (χ1v) is 17.2. The van der Waals surface area contributed by atoms with Crippen LogP contribution in [0.1, 0.15) is 183 Å². The van der Waals surface area contributed by atoms with Gasteiger partial charge in [-0.1, -0.05) is 157 Å². The van der Waals surface area contributed by atoms with E-state index >= 15 is 0 Å². The first kappa shape index (κ1) is 37.9. The van der Waals surface area contributed by atoms with Crippen molar-refractivity contribution in [3.63, 3.8) is 0 Å². The minimum absolute atomic E-state index is 0.385. The summed E-state index contributed by atoms with van der Waals surface area (Å²) in [5, 5.41) is 0. The maximum atomic E-state index is 12.9. The van der Waals surface area contributed by atoms with Crippen molar-refractivity contribution < 1.29 is 19.1 Å². The zero-order chi connectivity index (χ0) is 29.2. The monoisotopic (exact) mass is 553 g/mol. The normalized spacial score (nSPS) is 12.6. The van der Waals surface area contributed by atoms with Crippen LogP contribution in [0.15, 0.2) is 0 Å². The lowest BCUT2D eigenvalue weighted by molar-refractivity contribution is -0.173. The fraction of sp³-hybridized carbons (Fsp3) is 0.943. The molecule has 4 heteroatoms. The lowest BCUT2D eigenvalue weighted by atomic mass is 9.82. The van der Waals surface area contributed by atoms with Gasteiger partial charge in [0.05, 0.1) is 13.2 Å². The maximum absolute atomic E-state index is 12.9. The van der Waals surface area contributed by atoms with Gasteiger partial charge in [0.2, 0.25) is 0 Å². The Kier molecular flexibility index (Phi) is 25.2. The van der Waals surface area contributed by atoms with Crippen LogP contribution in [0.5, 0.6) is 0 Å². The van der Waals surface area contributed by atoms with Gasteiger partial charge in [0.1, 0.15) is 0 Å². The second kappa shape index (κ2) is 25.9. The maximum Gasteiger partial charge on any atom is 0.323 e. The molecule has 4 nitrogen and oxygen atoms in total. The van der Waals surface area contributed by atoms with Gasteiger partial charge in [0.15, 0.2) is 5.41 Å². The molecule has 0 radical (unpaired) electrons. The lowest BCUT2D eigenvalue weighted by Crippen LogP contribution is -2.41. The molecule has 0 bridgehead atoms. The number of hydrogen-bond acceptors (Lipinski definition) is 4. The molecule has 0 saturated heterocycles. The van der Waals surface area contributed by atoms with Crippen molar-refractivity contribution in [1.82, 2.24) is 0 Å². The topological polar surface area (TPSA) is 52.6 Å². The molecule has 232 valence electrons. The molecule has 0 aromatic heterocycles. The Balaban J connectivity index is 3.90. The van der Waals surface area contributed by atoms with Crippen LogP contribution < -0.4 is 0 Å². The van der Waals surface area contributed by atoms with E-state index in [1.807, 2.05) is 13.8 Å². The van der Waals surface area contributed by atoms with Gasteiger partial charge in [-0.2, -0.15) is 0 Å². The molecule has 0 fully saturated rings. The number of rotatable bonds is 28. The fourth-order valence-corrected chi connectivity index (χ4v) is 5.37. The minimum atomic E-state index is -1.16. The van der Waals surface area contributed by atoms with E-state index in [0.29, 0.717) is 32.0 Å². The summed E-state index contributed by atoms with van der Waals surface area (Å²) in [5.74, 6) is 0.452. The van der Waals surface area contributed by atoms with Gasteiger partial charge >= 0.3 is 11.9 Å². The molecule has 39 heavy (non-hydrogen) atoms. The van der Waals surface area contributed by atoms with Crippen LogP contribution in [0.25, 0.3) is 0 Å². The highest BCUT2D eigenvalue weighted by molar-refractivity contribution is 5.99. The Morgan fingerprint density at radius 2 is 0.923 bits per heavy atom. The van der Waals surface area contributed by atoms with Gasteiger partial charge in [-0.05, 0) is 37.5 Å². The Morgan fingerprint density at radius 3 is 1.33 bits per heavy atom. The van der Waals surface area contributed by atoms with Crippen molar-refractivity contribution in [2.24, 2.45) is 17.3 Å². The molecule has 0 aliphatic carbocycles. The van der Waals surface area contributed by atoms with Crippen molar-refractivity contribution in [2.75, 3.05) is 13.2 Å². The Labute approximate surface area is 244 Å². The Morgan fingerprint density at radius 1 is 0.513 bits per heavy atom. The highest BCUT2D eigenvalue weighted by Gasteiger charge is 2.45. The molecule has 0 N–H and O–H groups in total. The minimum Gasteiger partial charge on any atom is -0.465 e. The molecule has 0 aliphatic rings. The molecule has 0 aromatic carbocycles. The van der Waals surface area contributed by atoms with Crippen LogP contribution in [0.2, 0.25) is 0 Å². The lowest BCUT2D eigenvalue weighted by Gasteiger charge is -2.27. The molecule has 0 aromatic rings. The van der Waals surface area contributed by atoms with E-state index in [9.17, 15) is 9.59 Å². The van der Waals surface area contributed by atoms with Gasteiger partial charge in [-0.15, -0.1) is 0 Å². The average Bonchev–Trinajstić information content (AvgIpc) is 2.91. The molecule has 0 aliphatic heterocycles. The number of ether oxygens (including phenoxy) is 2. The molecule has 1 atom stereocenters. The highest BCUT2D eigenvalue weighted by atomic mass is 16.6. The fourth-order valence-electron chi connectivity index (χ4n) is 5.37. The molecular formula is C35H68O4. The van der Waals surface area contributed by atoms with Crippen molar-refractivity contribution >= 4 is 11.9 Å². The highest BCUT2D eigenvalue weighted by Crippen LogP contribution is 2.30. The van der Waals surface area contributed by atoms with Gasteiger partial charge in [-0.3, -0.25) is 9.59 Å². The number of esters is 2. The summed E-state index contributed by atoms with van der Waals surface area (Å²) >= 11 is 0. The van der Waals surface area contributed by atoms with E-state index in [2.05, 4.69) is 27.7 Å². The number of unbranched alkanes of at least 4 members (excludes halogenated alkanes) is 15.